The zero-order valence-corrected chi connectivity index (χ0v) is 9.27. The topological polar surface area (TPSA) is 25.8 Å². The first-order valence-electron chi connectivity index (χ1n) is 4.36. The molecular formula is C10H9ClN2S. The van der Waals surface area contributed by atoms with Crippen LogP contribution in [0.3, 0.4) is 0 Å². The normalized spacial score (nSPS) is 10.4. The highest BCUT2D eigenvalue weighted by Gasteiger charge is 2.03. The quantitative estimate of drug-likeness (QED) is 0.781. The van der Waals surface area contributed by atoms with Crippen LogP contribution in [0.4, 0.5) is 0 Å². The van der Waals surface area contributed by atoms with E-state index < -0.39 is 0 Å². The van der Waals surface area contributed by atoms with E-state index >= 15 is 0 Å². The molecule has 0 saturated carbocycles. The first-order chi connectivity index (χ1) is 6.79. The van der Waals surface area contributed by atoms with Crippen molar-refractivity contribution >= 4 is 22.9 Å². The van der Waals surface area contributed by atoms with Crippen molar-refractivity contribution in [1.82, 2.24) is 9.97 Å². The van der Waals surface area contributed by atoms with Gasteiger partial charge in [0, 0.05) is 12.4 Å². The fraction of sp³-hybridized carbons (Fsp3) is 0.200. The van der Waals surface area contributed by atoms with Crippen molar-refractivity contribution in [1.29, 1.82) is 0 Å². The van der Waals surface area contributed by atoms with Crippen LogP contribution in [0.5, 0.6) is 0 Å². The Balaban J connectivity index is 2.33. The van der Waals surface area contributed by atoms with E-state index in [1.54, 1.807) is 0 Å². The van der Waals surface area contributed by atoms with Crippen molar-refractivity contribution in [3.05, 3.63) is 34.4 Å². The van der Waals surface area contributed by atoms with Crippen LogP contribution in [-0.4, -0.2) is 9.97 Å². The predicted molar refractivity (Wildman–Crippen MR) is 59.7 cm³/mol. The smallest absolute Gasteiger partial charge is 0.169 e. The lowest BCUT2D eigenvalue weighted by atomic mass is 10.3. The molecule has 0 atom stereocenters. The molecular weight excluding hydrogens is 216 g/mol. The molecule has 0 saturated heterocycles. The van der Waals surface area contributed by atoms with E-state index in [9.17, 15) is 0 Å². The summed E-state index contributed by atoms with van der Waals surface area (Å²) in [6, 6.07) is 3.80. The second-order valence-electron chi connectivity index (χ2n) is 2.87. The van der Waals surface area contributed by atoms with Gasteiger partial charge in [0.2, 0.25) is 0 Å². The van der Waals surface area contributed by atoms with Crippen molar-refractivity contribution in [2.45, 2.75) is 13.3 Å². The second-order valence-corrected chi connectivity index (χ2v) is 4.59. The molecule has 0 aliphatic carbocycles. The number of hydrogen-bond acceptors (Lipinski definition) is 3. The summed E-state index contributed by atoms with van der Waals surface area (Å²) < 4.78 is 0.767. The highest BCUT2D eigenvalue weighted by atomic mass is 35.5. The van der Waals surface area contributed by atoms with E-state index in [2.05, 4.69) is 16.9 Å². The van der Waals surface area contributed by atoms with Crippen LogP contribution in [0, 0.1) is 0 Å². The fourth-order valence-electron chi connectivity index (χ4n) is 1.10. The van der Waals surface area contributed by atoms with Crippen molar-refractivity contribution in [2.24, 2.45) is 0 Å². The molecule has 2 rings (SSSR count). The van der Waals surface area contributed by atoms with E-state index in [1.165, 1.54) is 11.3 Å². The van der Waals surface area contributed by atoms with Gasteiger partial charge in [0.05, 0.1) is 9.21 Å². The maximum Gasteiger partial charge on any atom is 0.169 e. The predicted octanol–water partition coefficient (Wildman–Crippen LogP) is 3.42. The Kier molecular flexibility index (Phi) is 2.79. The number of rotatable bonds is 2. The summed E-state index contributed by atoms with van der Waals surface area (Å²) in [5.74, 6) is 0.749. The van der Waals surface area contributed by atoms with Crippen molar-refractivity contribution in [2.75, 3.05) is 0 Å². The molecule has 2 aromatic rings. The van der Waals surface area contributed by atoms with Gasteiger partial charge in [0.25, 0.3) is 0 Å². The minimum Gasteiger partial charge on any atom is -0.236 e. The van der Waals surface area contributed by atoms with E-state index in [1.807, 2.05) is 24.5 Å². The minimum absolute atomic E-state index is 0.749. The third kappa shape index (κ3) is 1.94. The fourth-order valence-corrected chi connectivity index (χ4v) is 2.09. The molecule has 0 bridgehead atoms. The molecule has 0 fully saturated rings. The van der Waals surface area contributed by atoms with Crippen LogP contribution >= 0.6 is 22.9 Å². The second kappa shape index (κ2) is 4.07. The Hall–Kier alpha value is -0.930. The van der Waals surface area contributed by atoms with Crippen LogP contribution in [0.25, 0.3) is 10.7 Å². The van der Waals surface area contributed by atoms with Crippen molar-refractivity contribution in [3.8, 4) is 10.7 Å². The molecule has 0 spiro atoms. The average Bonchev–Trinajstić information content (AvgIpc) is 2.65. The van der Waals surface area contributed by atoms with Gasteiger partial charge < -0.3 is 0 Å². The van der Waals surface area contributed by atoms with Crippen LogP contribution in [-0.2, 0) is 6.42 Å². The zero-order valence-electron chi connectivity index (χ0n) is 7.70. The Morgan fingerprint density at radius 3 is 2.50 bits per heavy atom. The largest absolute Gasteiger partial charge is 0.236 e. The monoisotopic (exact) mass is 224 g/mol. The lowest BCUT2D eigenvalue weighted by Crippen LogP contribution is -1.89. The van der Waals surface area contributed by atoms with E-state index in [4.69, 9.17) is 11.6 Å². The molecule has 2 nitrogen and oxygen atoms in total. The summed E-state index contributed by atoms with van der Waals surface area (Å²) >= 11 is 7.33. The van der Waals surface area contributed by atoms with Gasteiger partial charge in [-0.15, -0.1) is 11.3 Å². The number of aromatic nitrogens is 2. The number of aryl methyl sites for hydroxylation is 1. The number of halogens is 1. The molecule has 0 aliphatic heterocycles. The molecule has 0 amide bonds. The molecule has 2 aromatic heterocycles. The van der Waals surface area contributed by atoms with Gasteiger partial charge in [-0.3, -0.25) is 0 Å². The lowest BCUT2D eigenvalue weighted by Gasteiger charge is -1.97. The van der Waals surface area contributed by atoms with E-state index in [0.29, 0.717) is 0 Å². The third-order valence-electron chi connectivity index (χ3n) is 1.91. The molecule has 0 unspecified atom stereocenters. The third-order valence-corrected chi connectivity index (χ3v) is 3.13. The van der Waals surface area contributed by atoms with Crippen LogP contribution < -0.4 is 0 Å². The first kappa shape index (κ1) is 9.62. The summed E-state index contributed by atoms with van der Waals surface area (Å²) in [7, 11) is 0. The molecule has 4 heteroatoms. The average molecular weight is 225 g/mol. The minimum atomic E-state index is 0.749. The zero-order chi connectivity index (χ0) is 9.97. The number of thiophene rings is 1. The summed E-state index contributed by atoms with van der Waals surface area (Å²) in [5, 5.41) is 0. The van der Waals surface area contributed by atoms with Gasteiger partial charge in [-0.25, -0.2) is 9.97 Å². The van der Waals surface area contributed by atoms with E-state index in [-0.39, 0.29) is 0 Å². The van der Waals surface area contributed by atoms with Gasteiger partial charge >= 0.3 is 0 Å². The van der Waals surface area contributed by atoms with Gasteiger partial charge in [-0.05, 0) is 24.1 Å². The van der Waals surface area contributed by atoms with Crippen LogP contribution in [0.1, 0.15) is 12.5 Å². The lowest BCUT2D eigenvalue weighted by molar-refractivity contribution is 1.05. The van der Waals surface area contributed by atoms with Gasteiger partial charge in [0.1, 0.15) is 0 Å². The highest BCUT2D eigenvalue weighted by Crippen LogP contribution is 2.28. The SMILES string of the molecule is CCc1cnc(-c2ccc(Cl)s2)nc1. The summed E-state index contributed by atoms with van der Waals surface area (Å²) in [6.07, 6.45) is 4.68. The molecule has 0 aromatic carbocycles. The molecule has 14 heavy (non-hydrogen) atoms. The Bertz CT molecular complexity index is 422. The van der Waals surface area contributed by atoms with E-state index in [0.717, 1.165) is 27.0 Å². The first-order valence-corrected chi connectivity index (χ1v) is 5.55. The Morgan fingerprint density at radius 2 is 2.00 bits per heavy atom. The standard InChI is InChI=1S/C10H9ClN2S/c1-2-7-5-12-10(13-6-7)8-3-4-9(11)14-8/h3-6H,2H2,1H3. The van der Waals surface area contributed by atoms with Gasteiger partial charge in [0.15, 0.2) is 5.82 Å². The molecule has 0 N–H and O–H groups in total. The van der Waals surface area contributed by atoms with Crippen molar-refractivity contribution in [3.63, 3.8) is 0 Å². The maximum atomic E-state index is 5.83. The highest BCUT2D eigenvalue weighted by molar-refractivity contribution is 7.19. The summed E-state index contributed by atoms with van der Waals surface area (Å²) in [4.78, 5) is 9.56. The Morgan fingerprint density at radius 1 is 1.29 bits per heavy atom. The summed E-state index contributed by atoms with van der Waals surface area (Å²) in [6.45, 7) is 2.08. The summed E-state index contributed by atoms with van der Waals surface area (Å²) in [5.41, 5.74) is 1.15. The number of nitrogens with zero attached hydrogens (tertiary/aromatic N) is 2. The molecule has 2 heterocycles. The van der Waals surface area contributed by atoms with Gasteiger partial charge in [-0.1, -0.05) is 18.5 Å². The molecule has 0 aliphatic rings. The van der Waals surface area contributed by atoms with Crippen molar-refractivity contribution < 1.29 is 0 Å². The number of hydrogen-bond donors (Lipinski definition) is 0. The van der Waals surface area contributed by atoms with Crippen LogP contribution in [0.15, 0.2) is 24.5 Å². The van der Waals surface area contributed by atoms with Gasteiger partial charge in [-0.2, -0.15) is 0 Å². The van der Waals surface area contributed by atoms with Crippen LogP contribution in [0.2, 0.25) is 4.34 Å². The Labute approximate surface area is 91.6 Å². The molecule has 0 radical (unpaired) electrons. The maximum absolute atomic E-state index is 5.83. The molecule has 72 valence electrons.